The van der Waals surface area contributed by atoms with Crippen LogP contribution in [-0.4, -0.2) is 61.2 Å². The Labute approximate surface area is 177 Å². The first-order valence-corrected chi connectivity index (χ1v) is 10.2. The molecule has 7 nitrogen and oxygen atoms in total. The van der Waals surface area contributed by atoms with Crippen molar-refractivity contribution in [1.82, 2.24) is 20.2 Å². The maximum Gasteiger partial charge on any atom is 0.194 e. The minimum Gasteiger partial charge on any atom is -0.495 e. The average molecular weight is 405 g/mol. The SMILES string of the molecule is CN=C(NCc1ncc(-c2ccccc2)[nH]1)N1CCN(c2ccccc2OC)CC1. The van der Waals surface area contributed by atoms with Crippen LogP contribution >= 0.6 is 0 Å². The third kappa shape index (κ3) is 4.40. The Morgan fingerprint density at radius 2 is 1.80 bits per heavy atom. The van der Waals surface area contributed by atoms with Crippen molar-refractivity contribution in [3.8, 4) is 17.0 Å². The van der Waals surface area contributed by atoms with Crippen molar-refractivity contribution in [3.63, 3.8) is 0 Å². The number of aromatic amines is 1. The normalized spacial score (nSPS) is 14.7. The van der Waals surface area contributed by atoms with Crippen molar-refractivity contribution in [1.29, 1.82) is 0 Å². The fraction of sp³-hybridized carbons (Fsp3) is 0.304. The maximum atomic E-state index is 5.51. The van der Waals surface area contributed by atoms with Crippen LogP contribution in [0.2, 0.25) is 0 Å². The van der Waals surface area contributed by atoms with Gasteiger partial charge in [-0.25, -0.2) is 4.98 Å². The van der Waals surface area contributed by atoms with Gasteiger partial charge in [0.1, 0.15) is 11.6 Å². The highest BCUT2D eigenvalue weighted by Crippen LogP contribution is 2.28. The van der Waals surface area contributed by atoms with E-state index in [-0.39, 0.29) is 0 Å². The highest BCUT2D eigenvalue weighted by molar-refractivity contribution is 5.80. The number of benzene rings is 2. The molecule has 2 heterocycles. The van der Waals surface area contributed by atoms with Gasteiger partial charge in [-0.15, -0.1) is 0 Å². The number of aromatic nitrogens is 2. The van der Waals surface area contributed by atoms with E-state index in [0.717, 1.165) is 60.7 Å². The van der Waals surface area contributed by atoms with Crippen LogP contribution in [0.15, 0.2) is 65.8 Å². The van der Waals surface area contributed by atoms with Gasteiger partial charge in [0.15, 0.2) is 5.96 Å². The van der Waals surface area contributed by atoms with Crippen LogP contribution in [0.3, 0.4) is 0 Å². The first-order chi connectivity index (χ1) is 14.8. The summed E-state index contributed by atoms with van der Waals surface area (Å²) < 4.78 is 5.51. The highest BCUT2D eigenvalue weighted by atomic mass is 16.5. The van der Waals surface area contributed by atoms with Crippen molar-refractivity contribution in [3.05, 3.63) is 66.6 Å². The Bertz CT molecular complexity index is 976. The Morgan fingerprint density at radius 1 is 1.07 bits per heavy atom. The number of imidazole rings is 1. The number of guanidine groups is 1. The second kappa shape index (κ2) is 9.35. The van der Waals surface area contributed by atoms with Crippen molar-refractivity contribution in [2.45, 2.75) is 6.54 Å². The maximum absolute atomic E-state index is 5.51. The molecular formula is C23H28N6O. The Hall–Kier alpha value is -3.48. The minimum atomic E-state index is 0.603. The first kappa shape index (κ1) is 19.8. The zero-order valence-electron chi connectivity index (χ0n) is 17.5. The zero-order valence-corrected chi connectivity index (χ0v) is 17.5. The lowest BCUT2D eigenvalue weighted by molar-refractivity contribution is 0.366. The van der Waals surface area contributed by atoms with Crippen LogP contribution in [-0.2, 0) is 6.54 Å². The lowest BCUT2D eigenvalue weighted by Crippen LogP contribution is -2.52. The Balaban J connectivity index is 1.33. The molecule has 3 aromatic rings. The number of ether oxygens (including phenoxy) is 1. The quantitative estimate of drug-likeness (QED) is 0.505. The van der Waals surface area contributed by atoms with E-state index < -0.39 is 0 Å². The van der Waals surface area contributed by atoms with E-state index in [1.54, 1.807) is 7.11 Å². The molecule has 1 aromatic heterocycles. The van der Waals surface area contributed by atoms with E-state index in [1.807, 2.05) is 43.6 Å². The molecule has 0 unspecified atom stereocenters. The van der Waals surface area contributed by atoms with Crippen LogP contribution in [0.4, 0.5) is 5.69 Å². The van der Waals surface area contributed by atoms with E-state index in [1.165, 1.54) is 0 Å². The predicted octanol–water partition coefficient (Wildman–Crippen LogP) is 2.98. The molecule has 1 fully saturated rings. The number of piperazine rings is 1. The molecule has 0 amide bonds. The van der Waals surface area contributed by atoms with Crippen LogP contribution in [0.5, 0.6) is 5.75 Å². The van der Waals surface area contributed by atoms with Gasteiger partial charge in [-0.05, 0) is 17.7 Å². The van der Waals surface area contributed by atoms with Gasteiger partial charge in [0.05, 0.1) is 31.2 Å². The van der Waals surface area contributed by atoms with Gasteiger partial charge in [-0.1, -0.05) is 42.5 Å². The molecule has 0 spiro atoms. The summed E-state index contributed by atoms with van der Waals surface area (Å²) in [4.78, 5) is 17.0. The highest BCUT2D eigenvalue weighted by Gasteiger charge is 2.21. The fourth-order valence-electron chi connectivity index (χ4n) is 3.76. The number of aliphatic imine (C=N–C) groups is 1. The predicted molar refractivity (Wildman–Crippen MR) is 121 cm³/mol. The van der Waals surface area contributed by atoms with Crippen LogP contribution in [0, 0.1) is 0 Å². The third-order valence-electron chi connectivity index (χ3n) is 5.34. The molecule has 4 rings (SSSR count). The molecule has 1 saturated heterocycles. The average Bonchev–Trinajstić information content (AvgIpc) is 3.29. The number of para-hydroxylation sites is 2. The molecule has 0 radical (unpaired) electrons. The topological polar surface area (TPSA) is 68.8 Å². The largest absolute Gasteiger partial charge is 0.495 e. The number of hydrogen-bond donors (Lipinski definition) is 2. The molecule has 0 atom stereocenters. The van der Waals surface area contributed by atoms with E-state index in [2.05, 4.69) is 54.3 Å². The number of rotatable bonds is 5. The fourth-order valence-corrected chi connectivity index (χ4v) is 3.76. The Kier molecular flexibility index (Phi) is 6.17. The summed E-state index contributed by atoms with van der Waals surface area (Å²) in [6.07, 6.45) is 1.88. The number of H-pyrrole nitrogens is 1. The summed E-state index contributed by atoms with van der Waals surface area (Å²) in [7, 11) is 3.55. The van der Waals surface area contributed by atoms with Gasteiger partial charge in [0, 0.05) is 33.2 Å². The van der Waals surface area contributed by atoms with E-state index in [0.29, 0.717) is 6.54 Å². The summed E-state index contributed by atoms with van der Waals surface area (Å²) in [5, 5.41) is 3.44. The van der Waals surface area contributed by atoms with Crippen LogP contribution in [0.1, 0.15) is 5.82 Å². The minimum absolute atomic E-state index is 0.603. The van der Waals surface area contributed by atoms with Crippen molar-refractivity contribution >= 4 is 11.6 Å². The molecule has 0 bridgehead atoms. The van der Waals surface area contributed by atoms with Gasteiger partial charge in [0.25, 0.3) is 0 Å². The van der Waals surface area contributed by atoms with Gasteiger partial charge >= 0.3 is 0 Å². The van der Waals surface area contributed by atoms with Crippen LogP contribution < -0.4 is 15.0 Å². The smallest absolute Gasteiger partial charge is 0.194 e. The zero-order chi connectivity index (χ0) is 20.8. The molecular weight excluding hydrogens is 376 g/mol. The van der Waals surface area contributed by atoms with E-state index in [4.69, 9.17) is 4.74 Å². The molecule has 1 aliphatic heterocycles. The van der Waals surface area contributed by atoms with Crippen LogP contribution in [0.25, 0.3) is 11.3 Å². The molecule has 1 aliphatic rings. The standard InChI is InChI=1S/C23H28N6O/c1-24-23(26-17-22-25-16-19(27-22)18-8-4-3-5-9-18)29-14-12-28(13-15-29)20-10-6-7-11-21(20)30-2/h3-11,16H,12-15,17H2,1-2H3,(H,24,26)(H,25,27). The summed E-state index contributed by atoms with van der Waals surface area (Å²) in [5.41, 5.74) is 3.30. The lowest BCUT2D eigenvalue weighted by Gasteiger charge is -2.38. The molecule has 30 heavy (non-hydrogen) atoms. The molecule has 2 aromatic carbocycles. The summed E-state index contributed by atoms with van der Waals surface area (Å²) in [6, 6.07) is 18.4. The molecule has 2 N–H and O–H groups in total. The number of nitrogens with one attached hydrogen (secondary N) is 2. The van der Waals surface area contributed by atoms with Gasteiger partial charge < -0.3 is 24.8 Å². The van der Waals surface area contributed by atoms with Gasteiger partial charge in [-0.3, -0.25) is 4.99 Å². The summed E-state index contributed by atoms with van der Waals surface area (Å²) in [6.45, 7) is 4.22. The van der Waals surface area contributed by atoms with Gasteiger partial charge in [-0.2, -0.15) is 0 Å². The number of nitrogens with zero attached hydrogens (tertiary/aromatic N) is 4. The van der Waals surface area contributed by atoms with Crippen molar-refractivity contribution < 1.29 is 4.74 Å². The third-order valence-corrected chi connectivity index (χ3v) is 5.34. The van der Waals surface area contributed by atoms with Gasteiger partial charge in [0.2, 0.25) is 0 Å². The first-order valence-electron chi connectivity index (χ1n) is 10.2. The summed E-state index contributed by atoms with van der Waals surface area (Å²) in [5.74, 6) is 2.70. The summed E-state index contributed by atoms with van der Waals surface area (Å²) >= 11 is 0. The van der Waals surface area contributed by atoms with E-state index in [9.17, 15) is 0 Å². The monoisotopic (exact) mass is 404 g/mol. The number of hydrogen-bond acceptors (Lipinski definition) is 4. The van der Waals surface area contributed by atoms with Crippen molar-refractivity contribution in [2.24, 2.45) is 4.99 Å². The lowest BCUT2D eigenvalue weighted by atomic mass is 10.2. The molecule has 156 valence electrons. The van der Waals surface area contributed by atoms with Crippen molar-refractivity contribution in [2.75, 3.05) is 45.2 Å². The number of anilines is 1. The van der Waals surface area contributed by atoms with E-state index >= 15 is 0 Å². The second-order valence-electron chi connectivity index (χ2n) is 7.16. The Morgan fingerprint density at radius 3 is 2.53 bits per heavy atom. The number of methoxy groups -OCH3 is 1. The molecule has 0 aliphatic carbocycles. The molecule has 7 heteroatoms. The molecule has 0 saturated carbocycles. The second-order valence-corrected chi connectivity index (χ2v) is 7.16.